The largest absolute Gasteiger partial charge is 0.497 e. The van der Waals surface area contributed by atoms with Crippen molar-refractivity contribution in [1.29, 1.82) is 0 Å². The standard InChI is InChI=1S/C17H16N2O2S/c1-11-3-8-14-15(9-11)19-17(18-14)22-16(20)10-12-4-6-13(21-2)7-5-12/h3-9H,10H2,1-2H3,(H,18,19). The molecule has 1 heterocycles. The monoisotopic (exact) mass is 312 g/mol. The molecule has 5 heteroatoms. The van der Waals surface area contributed by atoms with Gasteiger partial charge in [-0.25, -0.2) is 4.98 Å². The van der Waals surface area contributed by atoms with E-state index >= 15 is 0 Å². The molecule has 2 aromatic carbocycles. The molecule has 0 aliphatic rings. The summed E-state index contributed by atoms with van der Waals surface area (Å²) in [5.41, 5.74) is 3.97. The highest BCUT2D eigenvalue weighted by atomic mass is 32.2. The zero-order chi connectivity index (χ0) is 15.5. The number of thioether (sulfide) groups is 1. The quantitative estimate of drug-likeness (QED) is 0.746. The zero-order valence-electron chi connectivity index (χ0n) is 12.4. The Labute approximate surface area is 132 Å². The Balaban J connectivity index is 1.69. The smallest absolute Gasteiger partial charge is 0.200 e. The summed E-state index contributed by atoms with van der Waals surface area (Å²) in [5, 5.41) is 0.694. The predicted octanol–water partition coefficient (Wildman–Crippen LogP) is 3.74. The molecule has 0 spiro atoms. The van der Waals surface area contributed by atoms with Crippen LogP contribution in [0.15, 0.2) is 47.6 Å². The summed E-state index contributed by atoms with van der Waals surface area (Å²) in [5.74, 6) is 0.788. The van der Waals surface area contributed by atoms with Crippen molar-refractivity contribution in [2.24, 2.45) is 0 Å². The molecule has 1 N–H and O–H groups in total. The summed E-state index contributed by atoms with van der Waals surface area (Å²) >= 11 is 1.14. The number of aromatic amines is 1. The van der Waals surface area contributed by atoms with Crippen LogP contribution >= 0.6 is 11.8 Å². The minimum atomic E-state index is 0.0564. The second kappa shape index (κ2) is 6.23. The Kier molecular flexibility index (Phi) is 4.15. The van der Waals surface area contributed by atoms with Gasteiger partial charge in [-0.15, -0.1) is 0 Å². The lowest BCUT2D eigenvalue weighted by Gasteiger charge is -2.02. The van der Waals surface area contributed by atoms with Crippen molar-refractivity contribution in [3.63, 3.8) is 0 Å². The van der Waals surface area contributed by atoms with Gasteiger partial charge in [-0.2, -0.15) is 0 Å². The van der Waals surface area contributed by atoms with E-state index in [9.17, 15) is 4.79 Å². The maximum atomic E-state index is 12.2. The Morgan fingerprint density at radius 3 is 2.73 bits per heavy atom. The van der Waals surface area contributed by atoms with Crippen LogP contribution in [0.5, 0.6) is 5.75 Å². The Hall–Kier alpha value is -2.27. The number of rotatable bonds is 4. The van der Waals surface area contributed by atoms with Crippen LogP contribution in [-0.2, 0) is 11.2 Å². The molecule has 0 bridgehead atoms. The number of H-pyrrole nitrogens is 1. The molecular weight excluding hydrogens is 296 g/mol. The fourth-order valence-electron chi connectivity index (χ4n) is 2.20. The van der Waals surface area contributed by atoms with Gasteiger partial charge in [-0.05, 0) is 54.1 Å². The normalized spacial score (nSPS) is 10.8. The van der Waals surface area contributed by atoms with Crippen LogP contribution in [-0.4, -0.2) is 22.2 Å². The summed E-state index contributed by atoms with van der Waals surface area (Å²) < 4.78 is 5.11. The van der Waals surface area contributed by atoms with E-state index in [0.29, 0.717) is 11.6 Å². The maximum absolute atomic E-state index is 12.2. The number of aromatic nitrogens is 2. The van der Waals surface area contributed by atoms with Crippen molar-refractivity contribution in [3.8, 4) is 5.75 Å². The van der Waals surface area contributed by atoms with E-state index in [4.69, 9.17) is 4.74 Å². The zero-order valence-corrected chi connectivity index (χ0v) is 13.2. The van der Waals surface area contributed by atoms with E-state index in [2.05, 4.69) is 9.97 Å². The summed E-state index contributed by atoms with van der Waals surface area (Å²) in [6.45, 7) is 2.03. The molecule has 22 heavy (non-hydrogen) atoms. The Bertz CT molecular complexity index is 809. The molecule has 0 saturated carbocycles. The van der Waals surface area contributed by atoms with E-state index in [1.807, 2.05) is 49.4 Å². The van der Waals surface area contributed by atoms with Crippen LogP contribution in [0.3, 0.4) is 0 Å². The molecule has 0 radical (unpaired) electrons. The fourth-order valence-corrected chi connectivity index (χ4v) is 2.96. The lowest BCUT2D eigenvalue weighted by Crippen LogP contribution is -1.98. The predicted molar refractivity (Wildman–Crippen MR) is 88.4 cm³/mol. The van der Waals surface area contributed by atoms with Gasteiger partial charge < -0.3 is 9.72 Å². The molecule has 112 valence electrons. The van der Waals surface area contributed by atoms with Gasteiger partial charge in [0.1, 0.15) is 5.75 Å². The van der Waals surface area contributed by atoms with E-state index in [1.165, 1.54) is 0 Å². The molecule has 1 aromatic heterocycles. The maximum Gasteiger partial charge on any atom is 0.200 e. The fraction of sp³-hybridized carbons (Fsp3) is 0.176. The first-order chi connectivity index (χ1) is 10.6. The van der Waals surface area contributed by atoms with Crippen molar-refractivity contribution in [3.05, 3.63) is 53.6 Å². The number of carbonyl (C=O) groups is 1. The highest BCUT2D eigenvalue weighted by molar-refractivity contribution is 8.13. The van der Waals surface area contributed by atoms with Crippen molar-refractivity contribution in [2.45, 2.75) is 18.5 Å². The van der Waals surface area contributed by atoms with Crippen molar-refractivity contribution in [2.75, 3.05) is 7.11 Å². The third kappa shape index (κ3) is 3.31. The first-order valence-electron chi connectivity index (χ1n) is 6.94. The second-order valence-corrected chi connectivity index (χ2v) is 6.11. The van der Waals surface area contributed by atoms with Crippen LogP contribution < -0.4 is 4.74 Å². The topological polar surface area (TPSA) is 55.0 Å². The number of nitrogens with one attached hydrogen (secondary N) is 1. The molecule has 0 aliphatic carbocycles. The number of nitrogens with zero attached hydrogens (tertiary/aromatic N) is 1. The third-order valence-corrected chi connectivity index (χ3v) is 4.09. The second-order valence-electron chi connectivity index (χ2n) is 5.06. The van der Waals surface area contributed by atoms with E-state index in [-0.39, 0.29) is 5.12 Å². The minimum absolute atomic E-state index is 0.0564. The van der Waals surface area contributed by atoms with Crippen molar-refractivity contribution in [1.82, 2.24) is 9.97 Å². The number of imidazole rings is 1. The number of fused-ring (bicyclic) bond motifs is 1. The van der Waals surface area contributed by atoms with Crippen LogP contribution in [0, 0.1) is 6.92 Å². The number of carbonyl (C=O) groups excluding carboxylic acids is 1. The van der Waals surface area contributed by atoms with Crippen molar-refractivity contribution >= 4 is 27.9 Å². The molecule has 3 aromatic rings. The first-order valence-corrected chi connectivity index (χ1v) is 7.75. The van der Waals surface area contributed by atoms with Crippen LogP contribution in [0.25, 0.3) is 11.0 Å². The number of hydrogen-bond donors (Lipinski definition) is 1. The molecule has 0 aliphatic heterocycles. The number of methoxy groups -OCH3 is 1. The summed E-state index contributed by atoms with van der Waals surface area (Å²) in [7, 11) is 1.62. The van der Waals surface area contributed by atoms with Gasteiger partial charge in [0.2, 0.25) is 5.12 Å². The molecule has 4 nitrogen and oxygen atoms in total. The first kappa shape index (κ1) is 14.7. The molecule has 0 atom stereocenters. The average Bonchev–Trinajstić information content (AvgIpc) is 2.89. The van der Waals surface area contributed by atoms with Crippen LogP contribution in [0.2, 0.25) is 0 Å². The molecule has 0 saturated heterocycles. The molecule has 0 unspecified atom stereocenters. The third-order valence-electron chi connectivity index (χ3n) is 3.33. The summed E-state index contributed by atoms with van der Waals surface area (Å²) in [4.78, 5) is 19.8. The Morgan fingerprint density at radius 1 is 1.23 bits per heavy atom. The van der Waals surface area contributed by atoms with Crippen LogP contribution in [0.1, 0.15) is 11.1 Å². The van der Waals surface area contributed by atoms with Gasteiger partial charge in [0.15, 0.2) is 5.16 Å². The average molecular weight is 312 g/mol. The van der Waals surface area contributed by atoms with Gasteiger partial charge in [0.25, 0.3) is 0 Å². The summed E-state index contributed by atoms with van der Waals surface area (Å²) in [6, 6.07) is 13.5. The highest BCUT2D eigenvalue weighted by Crippen LogP contribution is 2.22. The lowest BCUT2D eigenvalue weighted by molar-refractivity contribution is -0.110. The number of hydrogen-bond acceptors (Lipinski definition) is 4. The molecular formula is C17H16N2O2S. The van der Waals surface area contributed by atoms with Crippen molar-refractivity contribution < 1.29 is 9.53 Å². The highest BCUT2D eigenvalue weighted by Gasteiger charge is 2.10. The number of benzene rings is 2. The van der Waals surface area contributed by atoms with Gasteiger partial charge in [0, 0.05) is 6.42 Å². The van der Waals surface area contributed by atoms with Gasteiger partial charge >= 0.3 is 0 Å². The molecule has 3 rings (SSSR count). The van der Waals surface area contributed by atoms with Gasteiger partial charge in [-0.3, -0.25) is 4.79 Å². The van der Waals surface area contributed by atoms with E-state index in [1.54, 1.807) is 7.11 Å². The van der Waals surface area contributed by atoms with Gasteiger partial charge in [0.05, 0.1) is 18.1 Å². The lowest BCUT2D eigenvalue weighted by atomic mass is 10.2. The number of aryl methyl sites for hydroxylation is 1. The van der Waals surface area contributed by atoms with E-state index in [0.717, 1.165) is 39.7 Å². The summed E-state index contributed by atoms with van der Waals surface area (Å²) in [6.07, 6.45) is 0.366. The Morgan fingerprint density at radius 2 is 2.00 bits per heavy atom. The van der Waals surface area contributed by atoms with Gasteiger partial charge in [-0.1, -0.05) is 18.2 Å². The number of ether oxygens (including phenoxy) is 1. The SMILES string of the molecule is COc1ccc(CC(=O)Sc2nc3ccc(C)cc3[nH]2)cc1. The minimum Gasteiger partial charge on any atom is -0.497 e. The van der Waals surface area contributed by atoms with E-state index < -0.39 is 0 Å². The molecule has 0 fully saturated rings. The van der Waals surface area contributed by atoms with Crippen LogP contribution in [0.4, 0.5) is 0 Å². The molecule has 0 amide bonds.